The fourth-order valence-corrected chi connectivity index (χ4v) is 3.34. The van der Waals surface area contributed by atoms with Crippen molar-refractivity contribution in [3.63, 3.8) is 0 Å². The van der Waals surface area contributed by atoms with Crippen molar-refractivity contribution in [3.8, 4) is 0 Å². The van der Waals surface area contributed by atoms with E-state index in [0.29, 0.717) is 6.54 Å². The molecule has 0 aliphatic carbocycles. The van der Waals surface area contributed by atoms with Crippen molar-refractivity contribution in [1.29, 1.82) is 0 Å². The Labute approximate surface area is 159 Å². The first kappa shape index (κ1) is 20.8. The normalized spacial score (nSPS) is 17.3. The highest BCUT2D eigenvalue weighted by atomic mass is 16.6. The van der Waals surface area contributed by atoms with Crippen molar-refractivity contribution < 1.29 is 19.2 Å². The molecule has 1 aliphatic rings. The molecule has 1 fully saturated rings. The summed E-state index contributed by atoms with van der Waals surface area (Å²) in [6, 6.07) is 3.88. The lowest BCUT2D eigenvalue weighted by molar-refractivity contribution is -0.384. The number of piperidine rings is 1. The Hall–Kier alpha value is -2.48. The van der Waals surface area contributed by atoms with E-state index >= 15 is 0 Å². The summed E-state index contributed by atoms with van der Waals surface area (Å²) in [5.74, 6) is -1.14. The van der Waals surface area contributed by atoms with Gasteiger partial charge in [-0.25, -0.2) is 4.79 Å². The standard InChI is InChI=1S/C19H27N3O5/c1-3-4-8-21-9-6-5-7-16(21)13-20-18(23)14-10-15(19(24)27-2)12-17(11-14)22(25)26/h10-12,16H,3-9,13H2,1-2H3,(H,20,23). The van der Waals surface area contributed by atoms with Crippen LogP contribution in [-0.4, -0.2) is 54.5 Å². The van der Waals surface area contributed by atoms with Gasteiger partial charge < -0.3 is 10.1 Å². The molecule has 0 aromatic heterocycles. The number of unbranched alkanes of at least 4 members (excludes halogenated alkanes) is 1. The van der Waals surface area contributed by atoms with Crippen LogP contribution in [0.2, 0.25) is 0 Å². The number of nitrogens with one attached hydrogen (secondary N) is 1. The van der Waals surface area contributed by atoms with Crippen molar-refractivity contribution in [2.24, 2.45) is 0 Å². The number of hydrogen-bond acceptors (Lipinski definition) is 6. The molecule has 0 bridgehead atoms. The molecular weight excluding hydrogens is 350 g/mol. The second-order valence-corrected chi connectivity index (χ2v) is 6.77. The first-order valence-electron chi connectivity index (χ1n) is 9.36. The molecule has 1 aromatic rings. The summed E-state index contributed by atoms with van der Waals surface area (Å²) in [6.45, 7) is 4.69. The molecule has 148 valence electrons. The average Bonchev–Trinajstić information content (AvgIpc) is 2.69. The Bertz CT molecular complexity index is 692. The Morgan fingerprint density at radius 1 is 1.30 bits per heavy atom. The third-order valence-electron chi connectivity index (χ3n) is 4.86. The Balaban J connectivity index is 2.09. The van der Waals surface area contributed by atoms with Crippen LogP contribution < -0.4 is 5.32 Å². The maximum Gasteiger partial charge on any atom is 0.338 e. The van der Waals surface area contributed by atoms with Gasteiger partial charge >= 0.3 is 5.97 Å². The molecular formula is C19H27N3O5. The van der Waals surface area contributed by atoms with E-state index in [1.54, 1.807) is 0 Å². The molecule has 2 rings (SSSR count). The van der Waals surface area contributed by atoms with Gasteiger partial charge in [-0.1, -0.05) is 19.8 Å². The molecule has 1 aromatic carbocycles. The zero-order valence-electron chi connectivity index (χ0n) is 15.9. The maximum absolute atomic E-state index is 12.5. The van der Waals surface area contributed by atoms with E-state index in [1.807, 2.05) is 0 Å². The molecule has 1 heterocycles. The van der Waals surface area contributed by atoms with E-state index in [1.165, 1.54) is 25.7 Å². The zero-order chi connectivity index (χ0) is 19.8. The van der Waals surface area contributed by atoms with Gasteiger partial charge in [-0.3, -0.25) is 19.8 Å². The molecule has 8 heteroatoms. The minimum absolute atomic E-state index is 0.0147. The number of amides is 1. The molecule has 8 nitrogen and oxygen atoms in total. The van der Waals surface area contributed by atoms with Crippen LogP contribution in [-0.2, 0) is 4.74 Å². The third-order valence-corrected chi connectivity index (χ3v) is 4.86. The molecule has 1 atom stereocenters. The second-order valence-electron chi connectivity index (χ2n) is 6.77. The number of likely N-dealkylation sites (tertiary alicyclic amines) is 1. The number of rotatable bonds is 8. The molecule has 0 radical (unpaired) electrons. The van der Waals surface area contributed by atoms with Crippen LogP contribution in [0.25, 0.3) is 0 Å². The number of nitrogens with zero attached hydrogens (tertiary/aromatic N) is 2. The van der Waals surface area contributed by atoms with Crippen LogP contribution in [0.15, 0.2) is 18.2 Å². The SMILES string of the molecule is CCCCN1CCCCC1CNC(=O)c1cc(C(=O)OC)cc([N+](=O)[O-])c1. The molecule has 1 aliphatic heterocycles. The highest BCUT2D eigenvalue weighted by Crippen LogP contribution is 2.19. The maximum atomic E-state index is 12.5. The number of esters is 1. The number of benzene rings is 1. The highest BCUT2D eigenvalue weighted by molar-refractivity contribution is 5.99. The van der Waals surface area contributed by atoms with E-state index in [2.05, 4.69) is 21.9 Å². The van der Waals surface area contributed by atoms with Crippen LogP contribution in [0.3, 0.4) is 0 Å². The first-order valence-corrected chi connectivity index (χ1v) is 9.36. The number of methoxy groups -OCH3 is 1. The Morgan fingerprint density at radius 2 is 2.04 bits per heavy atom. The molecule has 0 spiro atoms. The van der Waals surface area contributed by atoms with Crippen LogP contribution in [0.1, 0.15) is 59.7 Å². The van der Waals surface area contributed by atoms with Crippen molar-refractivity contribution in [2.45, 2.75) is 45.1 Å². The number of carbonyl (C=O) groups is 2. The summed E-state index contributed by atoms with van der Waals surface area (Å²) in [5, 5.41) is 14.0. The fourth-order valence-electron chi connectivity index (χ4n) is 3.34. The highest BCUT2D eigenvalue weighted by Gasteiger charge is 2.23. The predicted octanol–water partition coefficient (Wildman–Crippen LogP) is 2.77. The van der Waals surface area contributed by atoms with Crippen molar-refractivity contribution in [1.82, 2.24) is 10.2 Å². The van der Waals surface area contributed by atoms with Crippen molar-refractivity contribution in [2.75, 3.05) is 26.7 Å². The van der Waals surface area contributed by atoms with E-state index in [-0.39, 0.29) is 22.9 Å². The quantitative estimate of drug-likeness (QED) is 0.425. The molecule has 1 unspecified atom stereocenters. The lowest BCUT2D eigenvalue weighted by Crippen LogP contribution is -2.47. The van der Waals surface area contributed by atoms with Crippen LogP contribution in [0.4, 0.5) is 5.69 Å². The first-order chi connectivity index (χ1) is 13.0. The van der Waals surface area contributed by atoms with Gasteiger partial charge in [0.1, 0.15) is 0 Å². The van der Waals surface area contributed by atoms with Gasteiger partial charge in [0, 0.05) is 30.3 Å². The summed E-state index contributed by atoms with van der Waals surface area (Å²) in [7, 11) is 1.19. The van der Waals surface area contributed by atoms with E-state index in [4.69, 9.17) is 0 Å². The van der Waals surface area contributed by atoms with E-state index in [9.17, 15) is 19.7 Å². The number of nitro benzene ring substituents is 1. The van der Waals surface area contributed by atoms with Gasteiger partial charge in [-0.05, 0) is 38.4 Å². The lowest BCUT2D eigenvalue weighted by atomic mass is 10.0. The average molecular weight is 377 g/mol. The number of carbonyl (C=O) groups excluding carboxylic acids is 2. The van der Waals surface area contributed by atoms with Gasteiger partial charge in [-0.15, -0.1) is 0 Å². The largest absolute Gasteiger partial charge is 0.465 e. The van der Waals surface area contributed by atoms with Crippen LogP contribution in [0, 0.1) is 10.1 Å². The number of non-ortho nitro benzene ring substituents is 1. The van der Waals surface area contributed by atoms with Gasteiger partial charge in [0.25, 0.3) is 11.6 Å². The minimum atomic E-state index is -0.717. The Kier molecular flexibility index (Phi) is 7.72. The number of ether oxygens (including phenoxy) is 1. The third kappa shape index (κ3) is 5.75. The molecule has 1 saturated heterocycles. The lowest BCUT2D eigenvalue weighted by Gasteiger charge is -2.35. The van der Waals surface area contributed by atoms with Gasteiger partial charge in [0.2, 0.25) is 0 Å². The van der Waals surface area contributed by atoms with Gasteiger partial charge in [0.15, 0.2) is 0 Å². The summed E-state index contributed by atoms with van der Waals surface area (Å²) < 4.78 is 4.61. The minimum Gasteiger partial charge on any atom is -0.465 e. The summed E-state index contributed by atoms with van der Waals surface area (Å²) >= 11 is 0. The van der Waals surface area contributed by atoms with Gasteiger partial charge in [0.05, 0.1) is 17.6 Å². The zero-order valence-corrected chi connectivity index (χ0v) is 15.9. The van der Waals surface area contributed by atoms with Crippen LogP contribution >= 0.6 is 0 Å². The van der Waals surface area contributed by atoms with Crippen molar-refractivity contribution >= 4 is 17.6 Å². The molecule has 0 saturated carbocycles. The van der Waals surface area contributed by atoms with Gasteiger partial charge in [-0.2, -0.15) is 0 Å². The van der Waals surface area contributed by atoms with Crippen LogP contribution in [0.5, 0.6) is 0 Å². The second kappa shape index (κ2) is 10.0. The monoisotopic (exact) mass is 377 g/mol. The summed E-state index contributed by atoms with van der Waals surface area (Å²) in [6.07, 6.45) is 5.57. The van der Waals surface area contributed by atoms with Crippen molar-refractivity contribution in [3.05, 3.63) is 39.4 Å². The summed E-state index contributed by atoms with van der Waals surface area (Å²) in [4.78, 5) is 37.1. The molecule has 1 amide bonds. The Morgan fingerprint density at radius 3 is 2.70 bits per heavy atom. The number of nitro groups is 1. The topological polar surface area (TPSA) is 102 Å². The molecule has 1 N–H and O–H groups in total. The number of hydrogen-bond donors (Lipinski definition) is 1. The van der Waals surface area contributed by atoms with E-state index in [0.717, 1.165) is 44.8 Å². The predicted molar refractivity (Wildman–Crippen MR) is 101 cm³/mol. The summed E-state index contributed by atoms with van der Waals surface area (Å²) in [5.41, 5.74) is -0.245. The van der Waals surface area contributed by atoms with E-state index < -0.39 is 16.8 Å². The fraction of sp³-hybridized carbons (Fsp3) is 0.579. The smallest absolute Gasteiger partial charge is 0.338 e. The molecule has 27 heavy (non-hydrogen) atoms.